The Morgan fingerprint density at radius 1 is 1.06 bits per heavy atom. The van der Waals surface area contributed by atoms with E-state index in [1.165, 1.54) is 22.8 Å². The lowest BCUT2D eigenvalue weighted by molar-refractivity contribution is 0.214. The summed E-state index contributed by atoms with van der Waals surface area (Å²) < 4.78 is 0. The maximum atomic E-state index is 9.26. The van der Waals surface area contributed by atoms with Crippen molar-refractivity contribution < 1.29 is 0 Å². The highest BCUT2D eigenvalue weighted by molar-refractivity contribution is 5.83. The molecule has 3 rings (SSSR count). The van der Waals surface area contributed by atoms with Gasteiger partial charge in [-0.15, -0.1) is 0 Å². The Bertz CT molecular complexity index is 588. The van der Waals surface area contributed by atoms with Gasteiger partial charge in [0.15, 0.2) is 0 Å². The van der Waals surface area contributed by atoms with Gasteiger partial charge in [0.2, 0.25) is 0 Å². The van der Waals surface area contributed by atoms with Crippen molar-refractivity contribution >= 4 is 10.8 Å². The van der Waals surface area contributed by atoms with E-state index < -0.39 is 0 Å². The molecule has 1 saturated carbocycles. The van der Waals surface area contributed by atoms with Crippen LogP contribution in [0.2, 0.25) is 0 Å². The van der Waals surface area contributed by atoms with Gasteiger partial charge in [0.05, 0.1) is 11.5 Å². The highest BCUT2D eigenvalue weighted by Gasteiger charge is 2.37. The van der Waals surface area contributed by atoms with Crippen LogP contribution in [0.4, 0.5) is 0 Å². The largest absolute Gasteiger partial charge is 0.198 e. The van der Waals surface area contributed by atoms with E-state index in [2.05, 4.69) is 48.5 Å². The molecule has 2 aromatic rings. The van der Waals surface area contributed by atoms with Crippen molar-refractivity contribution in [1.29, 1.82) is 5.26 Å². The lowest BCUT2D eigenvalue weighted by Gasteiger charge is -2.35. The summed E-state index contributed by atoms with van der Waals surface area (Å²) in [6.07, 6.45) is 4.25. The minimum atomic E-state index is -0.0670. The number of hydrogen-bond donors (Lipinski definition) is 0. The second-order valence-electron chi connectivity index (χ2n) is 5.10. The second-order valence-corrected chi connectivity index (χ2v) is 5.10. The molecule has 0 N–H and O–H groups in total. The predicted octanol–water partition coefficient (Wildman–Crippen LogP) is 4.08. The average Bonchev–Trinajstić information content (AvgIpc) is 2.34. The van der Waals surface area contributed by atoms with E-state index in [1.807, 2.05) is 0 Å². The SMILES string of the molecule is N#CC1(Cc2ccc3ccccc3c2)CCC1. The van der Waals surface area contributed by atoms with Crippen molar-refractivity contribution in [2.75, 3.05) is 0 Å². The molecule has 0 bridgehead atoms. The summed E-state index contributed by atoms with van der Waals surface area (Å²) in [5.41, 5.74) is 1.23. The van der Waals surface area contributed by atoms with Crippen LogP contribution in [0.1, 0.15) is 24.8 Å². The third kappa shape index (κ3) is 1.80. The second kappa shape index (κ2) is 3.89. The monoisotopic (exact) mass is 221 g/mol. The van der Waals surface area contributed by atoms with Crippen LogP contribution in [-0.4, -0.2) is 0 Å². The number of rotatable bonds is 2. The maximum Gasteiger partial charge on any atom is 0.0693 e. The zero-order valence-electron chi connectivity index (χ0n) is 9.82. The first kappa shape index (κ1) is 10.4. The van der Waals surface area contributed by atoms with Crippen molar-refractivity contribution in [2.45, 2.75) is 25.7 Å². The zero-order valence-corrected chi connectivity index (χ0v) is 9.82. The Morgan fingerprint density at radius 3 is 2.47 bits per heavy atom. The Kier molecular flexibility index (Phi) is 2.37. The molecular formula is C16H15N. The van der Waals surface area contributed by atoms with Crippen LogP contribution >= 0.6 is 0 Å². The molecule has 0 saturated heterocycles. The standard InChI is InChI=1S/C16H15N/c17-12-16(8-3-9-16)11-13-6-7-14-4-1-2-5-15(14)10-13/h1-2,4-7,10H,3,8-9,11H2. The number of nitriles is 1. The van der Waals surface area contributed by atoms with Crippen molar-refractivity contribution in [3.63, 3.8) is 0 Å². The topological polar surface area (TPSA) is 23.8 Å². The van der Waals surface area contributed by atoms with Crippen LogP contribution in [0.5, 0.6) is 0 Å². The molecule has 0 spiro atoms. The van der Waals surface area contributed by atoms with Crippen LogP contribution in [0.25, 0.3) is 10.8 Å². The molecule has 1 fully saturated rings. The predicted molar refractivity (Wildman–Crippen MR) is 69.5 cm³/mol. The average molecular weight is 221 g/mol. The van der Waals surface area contributed by atoms with Gasteiger partial charge in [-0.3, -0.25) is 0 Å². The van der Waals surface area contributed by atoms with E-state index in [0.717, 1.165) is 19.3 Å². The van der Waals surface area contributed by atoms with Gasteiger partial charge in [0.25, 0.3) is 0 Å². The molecule has 0 amide bonds. The van der Waals surface area contributed by atoms with Crippen molar-refractivity contribution in [2.24, 2.45) is 5.41 Å². The van der Waals surface area contributed by atoms with Gasteiger partial charge in [0.1, 0.15) is 0 Å². The summed E-state index contributed by atoms with van der Waals surface area (Å²) in [5.74, 6) is 0. The molecule has 0 aliphatic heterocycles. The summed E-state index contributed by atoms with van der Waals surface area (Å²) in [5, 5.41) is 11.8. The molecule has 17 heavy (non-hydrogen) atoms. The lowest BCUT2D eigenvalue weighted by atomic mass is 9.66. The Balaban J connectivity index is 1.94. The fourth-order valence-corrected chi connectivity index (χ4v) is 2.67. The van der Waals surface area contributed by atoms with Crippen molar-refractivity contribution in [3.8, 4) is 6.07 Å². The molecule has 1 aliphatic rings. The Morgan fingerprint density at radius 2 is 1.82 bits per heavy atom. The van der Waals surface area contributed by atoms with E-state index in [9.17, 15) is 5.26 Å². The fourth-order valence-electron chi connectivity index (χ4n) is 2.67. The smallest absolute Gasteiger partial charge is 0.0693 e. The number of benzene rings is 2. The van der Waals surface area contributed by atoms with Gasteiger partial charge in [-0.05, 0) is 35.6 Å². The Labute approximate surface area is 102 Å². The summed E-state index contributed by atoms with van der Waals surface area (Å²) >= 11 is 0. The van der Waals surface area contributed by atoms with Crippen LogP contribution in [-0.2, 0) is 6.42 Å². The summed E-state index contributed by atoms with van der Waals surface area (Å²) in [6.45, 7) is 0. The third-order valence-electron chi connectivity index (χ3n) is 3.90. The van der Waals surface area contributed by atoms with Crippen LogP contribution in [0.15, 0.2) is 42.5 Å². The van der Waals surface area contributed by atoms with Crippen molar-refractivity contribution in [1.82, 2.24) is 0 Å². The van der Waals surface area contributed by atoms with Gasteiger partial charge in [-0.2, -0.15) is 5.26 Å². The highest BCUT2D eigenvalue weighted by Crippen LogP contribution is 2.43. The van der Waals surface area contributed by atoms with Gasteiger partial charge in [0, 0.05) is 0 Å². The van der Waals surface area contributed by atoms with E-state index >= 15 is 0 Å². The highest BCUT2D eigenvalue weighted by atomic mass is 14.4. The molecular weight excluding hydrogens is 206 g/mol. The molecule has 0 heterocycles. The van der Waals surface area contributed by atoms with Crippen molar-refractivity contribution in [3.05, 3.63) is 48.0 Å². The molecule has 0 aromatic heterocycles. The maximum absolute atomic E-state index is 9.26. The van der Waals surface area contributed by atoms with Gasteiger partial charge in [-0.1, -0.05) is 48.9 Å². The minimum absolute atomic E-state index is 0.0670. The zero-order chi connectivity index (χ0) is 11.7. The molecule has 1 aliphatic carbocycles. The summed E-state index contributed by atoms with van der Waals surface area (Å²) in [4.78, 5) is 0. The normalized spacial score (nSPS) is 17.4. The summed E-state index contributed by atoms with van der Waals surface area (Å²) in [6, 6.07) is 17.5. The number of hydrogen-bond acceptors (Lipinski definition) is 1. The minimum Gasteiger partial charge on any atom is -0.198 e. The first-order chi connectivity index (χ1) is 8.31. The molecule has 0 radical (unpaired) electrons. The quantitative estimate of drug-likeness (QED) is 0.749. The molecule has 1 heteroatoms. The van der Waals surface area contributed by atoms with E-state index in [0.29, 0.717) is 0 Å². The molecule has 84 valence electrons. The van der Waals surface area contributed by atoms with E-state index in [-0.39, 0.29) is 5.41 Å². The summed E-state index contributed by atoms with van der Waals surface area (Å²) in [7, 11) is 0. The Hall–Kier alpha value is -1.81. The first-order valence-electron chi connectivity index (χ1n) is 6.20. The molecule has 0 atom stereocenters. The number of nitrogens with zero attached hydrogens (tertiary/aromatic N) is 1. The molecule has 1 nitrogen and oxygen atoms in total. The fraction of sp³-hybridized carbons (Fsp3) is 0.312. The first-order valence-corrected chi connectivity index (χ1v) is 6.20. The lowest BCUT2D eigenvalue weighted by Crippen LogP contribution is -2.29. The van der Waals surface area contributed by atoms with Crippen LogP contribution in [0, 0.1) is 16.7 Å². The van der Waals surface area contributed by atoms with Crippen LogP contribution in [0.3, 0.4) is 0 Å². The van der Waals surface area contributed by atoms with Gasteiger partial charge in [-0.25, -0.2) is 0 Å². The molecule has 2 aromatic carbocycles. The van der Waals surface area contributed by atoms with Gasteiger partial charge < -0.3 is 0 Å². The van der Waals surface area contributed by atoms with E-state index in [1.54, 1.807) is 0 Å². The molecule has 0 unspecified atom stereocenters. The van der Waals surface area contributed by atoms with Crippen LogP contribution < -0.4 is 0 Å². The number of fused-ring (bicyclic) bond motifs is 1. The van der Waals surface area contributed by atoms with Gasteiger partial charge >= 0.3 is 0 Å². The third-order valence-corrected chi connectivity index (χ3v) is 3.90. The van der Waals surface area contributed by atoms with E-state index in [4.69, 9.17) is 0 Å².